The monoisotopic (exact) mass is 332 g/mol. The Morgan fingerprint density at radius 3 is 2.62 bits per heavy atom. The van der Waals surface area contributed by atoms with E-state index < -0.39 is 24.2 Å². The minimum absolute atomic E-state index is 0.0702. The van der Waals surface area contributed by atoms with Crippen LogP contribution in [0.1, 0.15) is 16.1 Å². The van der Waals surface area contributed by atoms with Gasteiger partial charge in [0.05, 0.1) is 16.4 Å². The summed E-state index contributed by atoms with van der Waals surface area (Å²) >= 11 is 11.4. The van der Waals surface area contributed by atoms with Gasteiger partial charge in [-0.2, -0.15) is 0 Å². The number of nitrogen functional groups attached to an aromatic ring is 1. The standard InChI is InChI=1S/C13H8Cl2F2N2O2/c14-7-2-1-5(11(17)6(7)4-16)9-3-8(18)10(15)12(19-9)13(20)21/h1-3H,4H2,(H2,18,19)(H,20,21). The molecule has 2 aromatic rings. The van der Waals surface area contributed by atoms with Crippen molar-refractivity contribution in [2.45, 2.75) is 6.67 Å². The van der Waals surface area contributed by atoms with E-state index in [1.807, 2.05) is 0 Å². The summed E-state index contributed by atoms with van der Waals surface area (Å²) in [6.07, 6.45) is 0. The number of nitrogens with two attached hydrogens (primary N) is 1. The van der Waals surface area contributed by atoms with E-state index in [2.05, 4.69) is 4.98 Å². The number of hydrogen-bond acceptors (Lipinski definition) is 3. The Labute approximate surface area is 128 Å². The summed E-state index contributed by atoms with van der Waals surface area (Å²) in [4.78, 5) is 14.8. The molecule has 0 radical (unpaired) electrons. The third kappa shape index (κ3) is 2.77. The molecule has 0 unspecified atom stereocenters. The summed E-state index contributed by atoms with van der Waals surface area (Å²) < 4.78 is 27.0. The molecule has 0 fully saturated rings. The van der Waals surface area contributed by atoms with Gasteiger partial charge in [-0.15, -0.1) is 0 Å². The van der Waals surface area contributed by atoms with Crippen LogP contribution < -0.4 is 5.73 Å². The number of nitrogens with zero attached hydrogens (tertiary/aromatic N) is 1. The zero-order valence-electron chi connectivity index (χ0n) is 10.3. The number of hydrogen-bond donors (Lipinski definition) is 2. The summed E-state index contributed by atoms with van der Waals surface area (Å²) in [7, 11) is 0. The maximum Gasteiger partial charge on any atom is 0.356 e. The fraction of sp³-hybridized carbons (Fsp3) is 0.0769. The molecule has 1 aromatic heterocycles. The number of rotatable bonds is 3. The first-order valence-corrected chi connectivity index (χ1v) is 6.35. The van der Waals surface area contributed by atoms with Crippen LogP contribution in [-0.2, 0) is 6.67 Å². The molecule has 110 valence electrons. The van der Waals surface area contributed by atoms with Crippen molar-refractivity contribution < 1.29 is 18.7 Å². The predicted molar refractivity (Wildman–Crippen MR) is 75.8 cm³/mol. The number of alkyl halides is 1. The Hall–Kier alpha value is -1.92. The summed E-state index contributed by atoms with van der Waals surface area (Å²) in [5, 5.41) is 8.68. The molecule has 0 saturated heterocycles. The average molecular weight is 333 g/mol. The van der Waals surface area contributed by atoms with Gasteiger partial charge < -0.3 is 10.8 Å². The molecule has 21 heavy (non-hydrogen) atoms. The van der Waals surface area contributed by atoms with Crippen LogP contribution >= 0.6 is 23.2 Å². The molecule has 0 saturated carbocycles. The molecule has 0 atom stereocenters. The van der Waals surface area contributed by atoms with Gasteiger partial charge in [0.2, 0.25) is 0 Å². The van der Waals surface area contributed by atoms with E-state index in [-0.39, 0.29) is 32.6 Å². The number of benzene rings is 1. The van der Waals surface area contributed by atoms with Gasteiger partial charge in [0.25, 0.3) is 0 Å². The highest BCUT2D eigenvalue weighted by Gasteiger charge is 2.19. The Kier molecular flexibility index (Phi) is 4.29. The van der Waals surface area contributed by atoms with Crippen molar-refractivity contribution in [1.29, 1.82) is 0 Å². The van der Waals surface area contributed by atoms with E-state index in [4.69, 9.17) is 34.0 Å². The maximum absolute atomic E-state index is 14.2. The maximum atomic E-state index is 14.2. The van der Waals surface area contributed by atoms with Gasteiger partial charge in [0.1, 0.15) is 12.5 Å². The molecular weight excluding hydrogens is 325 g/mol. The molecule has 0 aliphatic rings. The first-order valence-electron chi connectivity index (χ1n) is 5.59. The molecule has 4 nitrogen and oxygen atoms in total. The van der Waals surface area contributed by atoms with Crippen LogP contribution in [-0.4, -0.2) is 16.1 Å². The van der Waals surface area contributed by atoms with Crippen molar-refractivity contribution in [3.05, 3.63) is 45.3 Å². The Morgan fingerprint density at radius 2 is 2.05 bits per heavy atom. The van der Waals surface area contributed by atoms with Crippen molar-refractivity contribution in [3.8, 4) is 11.3 Å². The highest BCUT2D eigenvalue weighted by atomic mass is 35.5. The minimum Gasteiger partial charge on any atom is -0.476 e. The van der Waals surface area contributed by atoms with Crippen LogP contribution in [0.5, 0.6) is 0 Å². The average Bonchev–Trinajstić information content (AvgIpc) is 2.42. The zero-order chi connectivity index (χ0) is 15.7. The number of pyridine rings is 1. The van der Waals surface area contributed by atoms with Gasteiger partial charge in [-0.05, 0) is 18.2 Å². The minimum atomic E-state index is -1.41. The lowest BCUT2D eigenvalue weighted by atomic mass is 10.1. The lowest BCUT2D eigenvalue weighted by Crippen LogP contribution is -2.06. The Balaban J connectivity index is 2.71. The normalized spacial score (nSPS) is 10.7. The van der Waals surface area contributed by atoms with Crippen LogP contribution in [0.4, 0.5) is 14.5 Å². The number of carboxylic acid groups (broad SMARTS) is 1. The number of carboxylic acids is 1. The lowest BCUT2D eigenvalue weighted by Gasteiger charge is -2.10. The van der Waals surface area contributed by atoms with Crippen LogP contribution in [0, 0.1) is 5.82 Å². The molecule has 0 bridgehead atoms. The molecule has 1 aromatic carbocycles. The number of aromatic carboxylic acids is 1. The molecule has 2 rings (SSSR count). The summed E-state index contributed by atoms with van der Waals surface area (Å²) in [6, 6.07) is 3.77. The lowest BCUT2D eigenvalue weighted by molar-refractivity contribution is 0.0691. The summed E-state index contributed by atoms with van der Waals surface area (Å²) in [6.45, 7) is -1.10. The van der Waals surface area contributed by atoms with Gasteiger partial charge >= 0.3 is 5.97 Å². The molecule has 1 heterocycles. The highest BCUT2D eigenvalue weighted by Crippen LogP contribution is 2.32. The van der Waals surface area contributed by atoms with E-state index >= 15 is 0 Å². The molecule has 0 aliphatic heterocycles. The zero-order valence-corrected chi connectivity index (χ0v) is 11.8. The second-order valence-electron chi connectivity index (χ2n) is 4.09. The van der Waals surface area contributed by atoms with E-state index in [0.29, 0.717) is 0 Å². The SMILES string of the molecule is Nc1cc(-c2ccc(Cl)c(CF)c2F)nc(C(=O)O)c1Cl. The van der Waals surface area contributed by atoms with Gasteiger partial charge in [0, 0.05) is 16.1 Å². The second-order valence-corrected chi connectivity index (χ2v) is 4.87. The van der Waals surface area contributed by atoms with E-state index in [9.17, 15) is 13.6 Å². The third-order valence-corrected chi connectivity index (χ3v) is 3.54. The van der Waals surface area contributed by atoms with Gasteiger partial charge in [-0.25, -0.2) is 18.6 Å². The number of halogens is 4. The Bertz CT molecular complexity index is 739. The summed E-state index contributed by atoms with van der Waals surface area (Å²) in [5.41, 5.74) is 4.49. The second kappa shape index (κ2) is 5.83. The van der Waals surface area contributed by atoms with Crippen LogP contribution in [0.15, 0.2) is 18.2 Å². The van der Waals surface area contributed by atoms with Crippen LogP contribution in [0.3, 0.4) is 0 Å². The first kappa shape index (κ1) is 15.5. The third-order valence-electron chi connectivity index (χ3n) is 2.78. The first-order chi connectivity index (χ1) is 9.86. The van der Waals surface area contributed by atoms with Crippen LogP contribution in [0.25, 0.3) is 11.3 Å². The fourth-order valence-electron chi connectivity index (χ4n) is 1.75. The van der Waals surface area contributed by atoms with Crippen molar-refractivity contribution in [1.82, 2.24) is 4.98 Å². The quantitative estimate of drug-likeness (QED) is 0.892. The topological polar surface area (TPSA) is 76.2 Å². The largest absolute Gasteiger partial charge is 0.476 e. The summed E-state index contributed by atoms with van der Waals surface area (Å²) in [5.74, 6) is -2.33. The fourth-order valence-corrected chi connectivity index (χ4v) is 2.12. The molecule has 0 aliphatic carbocycles. The van der Waals surface area contributed by atoms with Gasteiger partial charge in [-0.1, -0.05) is 23.2 Å². The number of aromatic nitrogens is 1. The predicted octanol–water partition coefficient (Wildman–Crippen LogP) is 3.94. The van der Waals surface area contributed by atoms with Crippen LogP contribution in [0.2, 0.25) is 10.0 Å². The van der Waals surface area contributed by atoms with Crippen molar-refractivity contribution >= 4 is 34.9 Å². The van der Waals surface area contributed by atoms with E-state index in [1.54, 1.807) is 0 Å². The number of carbonyl (C=O) groups is 1. The Morgan fingerprint density at radius 1 is 1.38 bits per heavy atom. The number of anilines is 1. The molecular formula is C13H8Cl2F2N2O2. The molecule has 0 spiro atoms. The van der Waals surface area contributed by atoms with Crippen molar-refractivity contribution in [3.63, 3.8) is 0 Å². The molecule has 8 heteroatoms. The van der Waals surface area contributed by atoms with Gasteiger partial charge in [-0.3, -0.25) is 0 Å². The van der Waals surface area contributed by atoms with Crippen molar-refractivity contribution in [2.75, 3.05) is 5.73 Å². The smallest absolute Gasteiger partial charge is 0.356 e. The molecule has 3 N–H and O–H groups in total. The highest BCUT2D eigenvalue weighted by molar-refractivity contribution is 6.35. The molecule has 0 amide bonds. The van der Waals surface area contributed by atoms with E-state index in [1.165, 1.54) is 18.2 Å². The van der Waals surface area contributed by atoms with E-state index in [0.717, 1.165) is 0 Å². The van der Waals surface area contributed by atoms with Crippen molar-refractivity contribution in [2.24, 2.45) is 0 Å². The van der Waals surface area contributed by atoms with Gasteiger partial charge in [0.15, 0.2) is 5.69 Å².